The highest BCUT2D eigenvalue weighted by molar-refractivity contribution is 7.07. The number of hydrogen-bond donors (Lipinski definition) is 1. The largest absolute Gasteiger partial charge is 0.504 e. The molecule has 1 atom stereocenters. The number of phenolic OH excluding ortho intramolecular Hbond substituents is 1. The molecule has 0 radical (unpaired) electrons. The normalized spacial score (nSPS) is 15.7. The zero-order valence-electron chi connectivity index (χ0n) is 20.4. The van der Waals surface area contributed by atoms with Gasteiger partial charge in [0.15, 0.2) is 16.3 Å². The predicted octanol–water partition coefficient (Wildman–Crippen LogP) is 3.64. The number of ether oxygens (including phenoxy) is 2. The fraction of sp³-hybridized carbons (Fsp3) is 0.296. The molecular formula is C27H28N2O5S. The zero-order valence-corrected chi connectivity index (χ0v) is 21.2. The van der Waals surface area contributed by atoms with Crippen LogP contribution in [0.15, 0.2) is 63.5 Å². The summed E-state index contributed by atoms with van der Waals surface area (Å²) in [5, 5.41) is 9.89. The Kier molecular flexibility index (Phi) is 6.93. The number of carbonyl (C=O) groups is 1. The molecule has 1 N–H and O–H groups in total. The maximum atomic E-state index is 13.7. The summed E-state index contributed by atoms with van der Waals surface area (Å²) < 4.78 is 12.6. The predicted molar refractivity (Wildman–Crippen MR) is 136 cm³/mol. The molecule has 3 aromatic rings. The first-order valence-corrected chi connectivity index (χ1v) is 12.2. The molecule has 4 rings (SSSR count). The minimum atomic E-state index is -0.650. The summed E-state index contributed by atoms with van der Waals surface area (Å²) >= 11 is 1.25. The van der Waals surface area contributed by atoms with Crippen LogP contribution in [0.4, 0.5) is 0 Å². The lowest BCUT2D eigenvalue weighted by Gasteiger charge is -2.25. The van der Waals surface area contributed by atoms with Crippen molar-refractivity contribution in [2.24, 2.45) is 4.99 Å². The summed E-state index contributed by atoms with van der Waals surface area (Å²) in [5.41, 5.74) is 3.30. The number of carbonyl (C=O) groups excluding carboxylic acids is 1. The standard InChI is InChI=1S/C27H28N2O5S/c1-6-34-26(32)23-16(4)28-27-29(24(23)19-10-8-18(9-11-19)15(2)3)25(31)22(35-27)14-17-7-12-20(30)21(13-17)33-5/h7-15,24,30H,6H2,1-5H3/b22-14-/t24-/m1/s1. The van der Waals surface area contributed by atoms with E-state index in [0.29, 0.717) is 37.8 Å². The monoisotopic (exact) mass is 492 g/mol. The Morgan fingerprint density at radius 2 is 1.94 bits per heavy atom. The van der Waals surface area contributed by atoms with Gasteiger partial charge in [-0.05, 0) is 54.7 Å². The lowest BCUT2D eigenvalue weighted by molar-refractivity contribution is -0.139. The lowest BCUT2D eigenvalue weighted by atomic mass is 9.93. The molecule has 2 heterocycles. The molecular weight excluding hydrogens is 464 g/mol. The highest BCUT2D eigenvalue weighted by Gasteiger charge is 2.33. The molecule has 0 unspecified atom stereocenters. The molecule has 0 aliphatic carbocycles. The van der Waals surface area contributed by atoms with E-state index in [0.717, 1.165) is 5.56 Å². The van der Waals surface area contributed by atoms with Gasteiger partial charge < -0.3 is 14.6 Å². The van der Waals surface area contributed by atoms with Crippen LogP contribution < -0.4 is 19.6 Å². The zero-order chi connectivity index (χ0) is 25.3. The number of methoxy groups -OCH3 is 1. The molecule has 7 nitrogen and oxygen atoms in total. The van der Waals surface area contributed by atoms with Gasteiger partial charge in [0.25, 0.3) is 5.56 Å². The minimum absolute atomic E-state index is 0.0191. The number of benzene rings is 2. The van der Waals surface area contributed by atoms with E-state index in [2.05, 4.69) is 18.8 Å². The van der Waals surface area contributed by atoms with Gasteiger partial charge in [-0.15, -0.1) is 0 Å². The average Bonchev–Trinajstić information content (AvgIpc) is 3.13. The molecule has 182 valence electrons. The van der Waals surface area contributed by atoms with Crippen molar-refractivity contribution >= 4 is 23.4 Å². The summed E-state index contributed by atoms with van der Waals surface area (Å²) in [6.07, 6.45) is 1.73. The molecule has 1 aliphatic heterocycles. The number of nitrogens with zero attached hydrogens (tertiary/aromatic N) is 2. The van der Waals surface area contributed by atoms with Gasteiger partial charge in [-0.1, -0.05) is 55.5 Å². The first-order valence-electron chi connectivity index (χ1n) is 11.4. The van der Waals surface area contributed by atoms with Gasteiger partial charge in [0, 0.05) is 0 Å². The minimum Gasteiger partial charge on any atom is -0.504 e. The number of allylic oxidation sites excluding steroid dienone is 1. The number of rotatable bonds is 6. The molecule has 1 aromatic heterocycles. The second kappa shape index (κ2) is 9.92. The van der Waals surface area contributed by atoms with E-state index in [1.54, 1.807) is 36.6 Å². The van der Waals surface area contributed by atoms with Crippen molar-refractivity contribution in [2.45, 2.75) is 39.7 Å². The molecule has 0 spiro atoms. The molecule has 0 saturated heterocycles. The number of esters is 1. The highest BCUT2D eigenvalue weighted by atomic mass is 32.1. The van der Waals surface area contributed by atoms with Crippen molar-refractivity contribution in [3.05, 3.63) is 90.1 Å². The average molecular weight is 493 g/mol. The fourth-order valence-corrected chi connectivity index (χ4v) is 5.15. The molecule has 0 saturated carbocycles. The van der Waals surface area contributed by atoms with E-state index in [9.17, 15) is 14.7 Å². The van der Waals surface area contributed by atoms with E-state index < -0.39 is 12.0 Å². The van der Waals surface area contributed by atoms with Gasteiger partial charge in [-0.25, -0.2) is 9.79 Å². The summed E-state index contributed by atoms with van der Waals surface area (Å²) in [5.74, 6) is 0.208. The van der Waals surface area contributed by atoms with E-state index >= 15 is 0 Å². The fourth-order valence-electron chi connectivity index (χ4n) is 4.11. The second-order valence-electron chi connectivity index (χ2n) is 8.55. The van der Waals surface area contributed by atoms with Gasteiger partial charge in [0.05, 0.1) is 35.6 Å². The number of fused-ring (bicyclic) bond motifs is 1. The Morgan fingerprint density at radius 1 is 1.23 bits per heavy atom. The van der Waals surface area contributed by atoms with E-state index in [1.165, 1.54) is 30.1 Å². The number of phenols is 1. The molecule has 0 bridgehead atoms. The Balaban J connectivity index is 1.92. The maximum Gasteiger partial charge on any atom is 0.338 e. The summed E-state index contributed by atoms with van der Waals surface area (Å²) in [4.78, 5) is 31.8. The van der Waals surface area contributed by atoms with Crippen molar-refractivity contribution in [2.75, 3.05) is 13.7 Å². The van der Waals surface area contributed by atoms with Crippen molar-refractivity contribution in [1.82, 2.24) is 4.57 Å². The molecule has 2 aromatic carbocycles. The smallest absolute Gasteiger partial charge is 0.338 e. The van der Waals surface area contributed by atoms with Crippen LogP contribution >= 0.6 is 11.3 Å². The van der Waals surface area contributed by atoms with Crippen molar-refractivity contribution in [1.29, 1.82) is 0 Å². The third-order valence-corrected chi connectivity index (χ3v) is 6.92. The van der Waals surface area contributed by atoms with Crippen molar-refractivity contribution in [3.8, 4) is 11.5 Å². The lowest BCUT2D eigenvalue weighted by Crippen LogP contribution is -2.39. The first-order chi connectivity index (χ1) is 16.7. The molecule has 35 heavy (non-hydrogen) atoms. The topological polar surface area (TPSA) is 90.1 Å². The van der Waals surface area contributed by atoms with Crippen molar-refractivity contribution < 1.29 is 19.4 Å². The van der Waals surface area contributed by atoms with Crippen LogP contribution in [-0.2, 0) is 9.53 Å². The number of thiazole rings is 1. The van der Waals surface area contributed by atoms with Gasteiger partial charge in [0.1, 0.15) is 0 Å². The first kappa shape index (κ1) is 24.5. The van der Waals surface area contributed by atoms with E-state index in [-0.39, 0.29) is 17.9 Å². The van der Waals surface area contributed by atoms with Crippen LogP contribution in [0.3, 0.4) is 0 Å². The third-order valence-electron chi connectivity index (χ3n) is 5.94. The molecule has 1 aliphatic rings. The SMILES string of the molecule is CCOC(=O)C1=C(C)N=c2s/c(=C\c3ccc(O)c(OC)c3)c(=O)n2[C@@H]1c1ccc(C(C)C)cc1. The molecule has 0 fully saturated rings. The Labute approximate surface area is 207 Å². The number of aromatic hydroxyl groups is 1. The number of hydrogen-bond acceptors (Lipinski definition) is 7. The summed E-state index contributed by atoms with van der Waals surface area (Å²) in [6.45, 7) is 7.97. The Morgan fingerprint density at radius 3 is 2.57 bits per heavy atom. The Hall–Kier alpha value is -3.65. The van der Waals surface area contributed by atoms with Crippen LogP contribution in [0.2, 0.25) is 0 Å². The van der Waals surface area contributed by atoms with Crippen LogP contribution in [0.25, 0.3) is 6.08 Å². The number of aromatic nitrogens is 1. The maximum absolute atomic E-state index is 13.7. The Bertz CT molecular complexity index is 1480. The van der Waals surface area contributed by atoms with Crippen LogP contribution in [0, 0.1) is 0 Å². The summed E-state index contributed by atoms with van der Waals surface area (Å²) in [6, 6.07) is 12.2. The van der Waals surface area contributed by atoms with Crippen molar-refractivity contribution in [3.63, 3.8) is 0 Å². The van der Waals surface area contributed by atoms with Gasteiger partial charge in [-0.3, -0.25) is 9.36 Å². The van der Waals surface area contributed by atoms with Gasteiger partial charge in [-0.2, -0.15) is 0 Å². The molecule has 8 heteroatoms. The van der Waals surface area contributed by atoms with E-state index in [1.807, 2.05) is 24.3 Å². The second-order valence-corrected chi connectivity index (χ2v) is 9.56. The van der Waals surface area contributed by atoms with E-state index in [4.69, 9.17) is 9.47 Å². The van der Waals surface area contributed by atoms with Gasteiger partial charge in [0.2, 0.25) is 0 Å². The highest BCUT2D eigenvalue weighted by Crippen LogP contribution is 2.31. The molecule has 0 amide bonds. The van der Waals surface area contributed by atoms with Crippen LogP contribution in [-0.4, -0.2) is 29.4 Å². The summed E-state index contributed by atoms with van der Waals surface area (Å²) in [7, 11) is 1.47. The third kappa shape index (κ3) is 4.66. The van der Waals surface area contributed by atoms with Gasteiger partial charge >= 0.3 is 5.97 Å². The quantitative estimate of drug-likeness (QED) is 0.531. The van der Waals surface area contributed by atoms with Crippen LogP contribution in [0.1, 0.15) is 56.3 Å². The van der Waals surface area contributed by atoms with Crippen LogP contribution in [0.5, 0.6) is 11.5 Å².